The molecule has 0 bridgehead atoms. The summed E-state index contributed by atoms with van der Waals surface area (Å²) in [7, 11) is -1.37. The second-order valence-corrected chi connectivity index (χ2v) is 9.22. The maximum Gasteiger partial charge on any atom is 0.207 e. The first-order valence-corrected chi connectivity index (χ1v) is 10.5. The van der Waals surface area contributed by atoms with Gasteiger partial charge in [-0.15, -0.1) is 6.58 Å². The summed E-state index contributed by atoms with van der Waals surface area (Å²) in [6, 6.07) is 28.0. The Morgan fingerprint density at radius 2 is 1.26 bits per heavy atom. The molecule has 3 nitrogen and oxygen atoms in total. The van der Waals surface area contributed by atoms with Gasteiger partial charge in [0.15, 0.2) is 0 Å². The van der Waals surface area contributed by atoms with Crippen LogP contribution in [-0.2, 0) is 4.57 Å². The largest absolute Gasteiger partial charge is 0.387 e. The van der Waals surface area contributed by atoms with Crippen LogP contribution in [0.2, 0.25) is 0 Å². The minimum Gasteiger partial charge on any atom is -0.387 e. The maximum atomic E-state index is 14.5. The molecule has 0 saturated heterocycles. The number of nitrogens with zero attached hydrogens (tertiary/aromatic N) is 1. The van der Waals surface area contributed by atoms with E-state index in [2.05, 4.69) is 6.58 Å². The zero-order valence-corrected chi connectivity index (χ0v) is 16.2. The third-order valence-electron chi connectivity index (χ3n) is 4.77. The molecule has 0 fully saturated rings. The highest BCUT2D eigenvalue weighted by Crippen LogP contribution is 2.51. The van der Waals surface area contributed by atoms with Crippen molar-refractivity contribution in [3.8, 4) is 0 Å². The molecule has 0 spiro atoms. The van der Waals surface area contributed by atoms with Crippen LogP contribution in [-0.4, -0.2) is 22.9 Å². The lowest BCUT2D eigenvalue weighted by molar-refractivity contribution is 0.139. The van der Waals surface area contributed by atoms with Gasteiger partial charge in [0.2, 0.25) is 7.29 Å². The Kier molecular flexibility index (Phi) is 6.08. The maximum absolute atomic E-state index is 14.5. The number of hydrogen-bond donors (Lipinski definition) is 1. The summed E-state index contributed by atoms with van der Waals surface area (Å²) in [6.45, 7) is 3.75. The summed E-state index contributed by atoms with van der Waals surface area (Å²) < 4.78 is 16.3. The molecule has 3 aromatic rings. The Labute approximate surface area is 161 Å². The predicted molar refractivity (Wildman–Crippen MR) is 113 cm³/mol. The summed E-state index contributed by atoms with van der Waals surface area (Å²) in [6.07, 6.45) is 0.632. The second-order valence-electron chi connectivity index (χ2n) is 6.40. The highest BCUT2D eigenvalue weighted by atomic mass is 31.2. The van der Waals surface area contributed by atoms with Crippen molar-refractivity contribution >= 4 is 17.9 Å². The number of hydrogen-bond acceptors (Lipinski definition) is 2. The van der Waals surface area contributed by atoms with Crippen LogP contribution >= 0.6 is 7.29 Å². The third kappa shape index (κ3) is 3.81. The smallest absolute Gasteiger partial charge is 0.207 e. The lowest BCUT2D eigenvalue weighted by Crippen LogP contribution is -2.37. The van der Waals surface area contributed by atoms with Crippen molar-refractivity contribution in [1.82, 2.24) is 4.67 Å². The fraction of sp³-hybridized carbons (Fsp3) is 0.130. The fourth-order valence-corrected chi connectivity index (χ4v) is 6.16. The van der Waals surface area contributed by atoms with Crippen molar-refractivity contribution in [2.24, 2.45) is 0 Å². The van der Waals surface area contributed by atoms with Crippen molar-refractivity contribution < 1.29 is 9.67 Å². The van der Waals surface area contributed by atoms with Gasteiger partial charge >= 0.3 is 0 Å². The average Bonchev–Trinajstić information content (AvgIpc) is 2.75. The normalized spacial score (nSPS) is 13.9. The molecule has 2 atom stereocenters. The number of rotatable bonds is 7. The Hall–Kier alpha value is -2.45. The first-order chi connectivity index (χ1) is 13.1. The van der Waals surface area contributed by atoms with Crippen LogP contribution in [0.1, 0.15) is 11.6 Å². The molecule has 0 aromatic heterocycles. The van der Waals surface area contributed by atoms with Gasteiger partial charge in [-0.05, 0) is 36.9 Å². The molecule has 3 rings (SSSR count). The van der Waals surface area contributed by atoms with Crippen LogP contribution in [0.3, 0.4) is 0 Å². The Balaban J connectivity index is 2.19. The number of benzene rings is 3. The highest BCUT2D eigenvalue weighted by molar-refractivity contribution is 7.76. The summed E-state index contributed by atoms with van der Waals surface area (Å²) in [4.78, 5) is 0. The van der Waals surface area contributed by atoms with E-state index in [9.17, 15) is 9.67 Å². The SMILES string of the molecule is C=CC(O)C(c1ccccc1)N(C)P(=O)(c1ccccc1)c1ccccc1. The quantitative estimate of drug-likeness (QED) is 0.497. The summed E-state index contributed by atoms with van der Waals surface area (Å²) >= 11 is 0. The summed E-state index contributed by atoms with van der Waals surface area (Å²) in [5, 5.41) is 12.2. The van der Waals surface area contributed by atoms with Gasteiger partial charge < -0.3 is 5.11 Å². The molecule has 0 amide bonds. The average molecular weight is 377 g/mol. The Morgan fingerprint density at radius 3 is 1.67 bits per heavy atom. The van der Waals surface area contributed by atoms with Crippen molar-refractivity contribution in [3.63, 3.8) is 0 Å². The van der Waals surface area contributed by atoms with E-state index in [-0.39, 0.29) is 0 Å². The molecule has 0 aliphatic heterocycles. The third-order valence-corrected chi connectivity index (χ3v) is 7.90. The van der Waals surface area contributed by atoms with Crippen LogP contribution < -0.4 is 10.6 Å². The summed E-state index contributed by atoms with van der Waals surface area (Å²) in [5.41, 5.74) is 0.888. The molecule has 1 N–H and O–H groups in total. The molecule has 0 heterocycles. The van der Waals surface area contributed by atoms with Gasteiger partial charge in [0.25, 0.3) is 0 Å². The van der Waals surface area contributed by atoms with E-state index < -0.39 is 19.4 Å². The van der Waals surface area contributed by atoms with Crippen LogP contribution in [0.25, 0.3) is 0 Å². The number of aliphatic hydroxyl groups excluding tert-OH is 1. The van der Waals surface area contributed by atoms with Gasteiger partial charge in [0.05, 0.1) is 12.1 Å². The van der Waals surface area contributed by atoms with E-state index in [1.54, 1.807) is 4.67 Å². The second kappa shape index (κ2) is 8.49. The van der Waals surface area contributed by atoms with Crippen molar-refractivity contribution in [2.75, 3.05) is 7.05 Å². The van der Waals surface area contributed by atoms with Gasteiger partial charge in [-0.3, -0.25) is 4.57 Å². The van der Waals surface area contributed by atoms with Crippen LogP contribution in [0.5, 0.6) is 0 Å². The first-order valence-electron chi connectivity index (χ1n) is 8.89. The Bertz CT molecular complexity index is 869. The highest BCUT2D eigenvalue weighted by Gasteiger charge is 2.39. The van der Waals surface area contributed by atoms with Gasteiger partial charge in [-0.1, -0.05) is 72.8 Å². The molecule has 0 aliphatic rings. The lowest BCUT2D eigenvalue weighted by Gasteiger charge is -2.37. The van der Waals surface area contributed by atoms with Gasteiger partial charge in [0.1, 0.15) is 0 Å². The van der Waals surface area contributed by atoms with Gasteiger partial charge in [0, 0.05) is 10.6 Å². The standard InChI is InChI=1S/C23H24NO2P/c1-3-22(25)23(19-13-7-4-8-14-19)24(2)27(26,20-15-9-5-10-16-20)21-17-11-6-12-18-21/h3-18,22-23,25H,1H2,2H3. The minimum absolute atomic E-state index is 0.491. The molecule has 0 radical (unpaired) electrons. The molecule has 138 valence electrons. The molecule has 4 heteroatoms. The zero-order chi connectivity index (χ0) is 19.3. The van der Waals surface area contributed by atoms with Crippen LogP contribution in [0.4, 0.5) is 0 Å². The lowest BCUT2D eigenvalue weighted by atomic mass is 10.0. The van der Waals surface area contributed by atoms with Gasteiger partial charge in [-0.2, -0.15) is 0 Å². The molecule has 3 aromatic carbocycles. The Morgan fingerprint density at radius 1 is 0.852 bits per heavy atom. The van der Waals surface area contributed by atoms with Crippen molar-refractivity contribution in [2.45, 2.75) is 12.1 Å². The minimum atomic E-state index is -3.18. The molecule has 0 aliphatic carbocycles. The molecular formula is C23H24NO2P. The topological polar surface area (TPSA) is 40.5 Å². The molecule has 2 unspecified atom stereocenters. The van der Waals surface area contributed by atoms with Crippen LogP contribution in [0, 0.1) is 0 Å². The predicted octanol–water partition coefficient (Wildman–Crippen LogP) is 4.14. The monoisotopic (exact) mass is 377 g/mol. The van der Waals surface area contributed by atoms with E-state index >= 15 is 0 Å². The molecule has 27 heavy (non-hydrogen) atoms. The van der Waals surface area contributed by atoms with E-state index in [1.807, 2.05) is 98.0 Å². The van der Waals surface area contributed by atoms with Crippen molar-refractivity contribution in [3.05, 3.63) is 109 Å². The van der Waals surface area contributed by atoms with Crippen LogP contribution in [0.15, 0.2) is 104 Å². The summed E-state index contributed by atoms with van der Waals surface area (Å²) in [5.74, 6) is 0. The molecular weight excluding hydrogens is 353 g/mol. The van der Waals surface area contributed by atoms with Crippen molar-refractivity contribution in [1.29, 1.82) is 0 Å². The zero-order valence-electron chi connectivity index (χ0n) is 15.3. The van der Waals surface area contributed by atoms with E-state index in [0.717, 1.165) is 16.2 Å². The van der Waals surface area contributed by atoms with E-state index in [1.165, 1.54) is 6.08 Å². The van der Waals surface area contributed by atoms with E-state index in [0.29, 0.717) is 0 Å². The first kappa shape index (κ1) is 19.3. The fourth-order valence-electron chi connectivity index (χ4n) is 3.36. The van der Waals surface area contributed by atoms with E-state index in [4.69, 9.17) is 0 Å². The number of aliphatic hydroxyl groups is 1. The molecule has 0 saturated carbocycles. The van der Waals surface area contributed by atoms with Gasteiger partial charge in [-0.25, -0.2) is 4.67 Å². The number of likely N-dealkylation sites (N-methyl/N-ethyl adjacent to an activating group) is 1.